The van der Waals surface area contributed by atoms with Gasteiger partial charge in [0.25, 0.3) is 5.91 Å². The van der Waals surface area contributed by atoms with Crippen molar-refractivity contribution in [2.45, 2.75) is 30.8 Å². The summed E-state index contributed by atoms with van der Waals surface area (Å²) >= 11 is 0. The highest BCUT2D eigenvalue weighted by Gasteiger charge is 2.27. The van der Waals surface area contributed by atoms with Gasteiger partial charge in [-0.05, 0) is 43.7 Å². The molecule has 2 aromatic carbocycles. The minimum Gasteiger partial charge on any atom is -0.481 e. The number of carbonyl (C=O) groups is 2. The Kier molecular flexibility index (Phi) is 6.96. The number of nitrogens with one attached hydrogen (secondary N) is 1. The first kappa shape index (κ1) is 23.2. The Bertz CT molecular complexity index is 1130. The first-order chi connectivity index (χ1) is 15.8. The van der Waals surface area contributed by atoms with Gasteiger partial charge in [0, 0.05) is 43.5 Å². The molecule has 2 fully saturated rings. The number of nitrogens with zero attached hydrogens (tertiary/aromatic N) is 2. The second kappa shape index (κ2) is 9.90. The Morgan fingerprint density at radius 3 is 2.58 bits per heavy atom. The van der Waals surface area contributed by atoms with Crippen LogP contribution in [0.15, 0.2) is 53.4 Å². The maximum Gasteiger partial charge on any atom is 0.265 e. The number of amides is 2. The summed E-state index contributed by atoms with van der Waals surface area (Å²) in [6.45, 7) is 3.59. The summed E-state index contributed by atoms with van der Waals surface area (Å²) in [7, 11) is -3.67. The van der Waals surface area contributed by atoms with E-state index in [1.807, 2.05) is 6.07 Å². The number of sulfonamides is 1. The fourth-order valence-electron chi connectivity index (χ4n) is 3.82. The third-order valence-electron chi connectivity index (χ3n) is 5.59. The lowest BCUT2D eigenvalue weighted by atomic mass is 10.2. The SMILES string of the molecule is C[C@H](Oc1cccc(N2CCCC2=O)c1)C(=O)Nc1cccc(S(=O)(=O)N2CCOCC2)c1. The Morgan fingerprint density at radius 2 is 1.85 bits per heavy atom. The van der Waals surface area contributed by atoms with Gasteiger partial charge in [0.1, 0.15) is 5.75 Å². The second-order valence-electron chi connectivity index (χ2n) is 7.94. The van der Waals surface area contributed by atoms with Crippen molar-refractivity contribution >= 4 is 33.2 Å². The predicted molar refractivity (Wildman–Crippen MR) is 123 cm³/mol. The number of anilines is 2. The van der Waals surface area contributed by atoms with Crippen molar-refractivity contribution in [2.75, 3.05) is 43.1 Å². The lowest BCUT2D eigenvalue weighted by Crippen LogP contribution is -2.40. The zero-order valence-electron chi connectivity index (χ0n) is 18.4. The zero-order chi connectivity index (χ0) is 23.4. The van der Waals surface area contributed by atoms with Crippen LogP contribution in [0.25, 0.3) is 0 Å². The molecule has 2 aliphatic rings. The zero-order valence-corrected chi connectivity index (χ0v) is 19.2. The van der Waals surface area contributed by atoms with E-state index < -0.39 is 22.0 Å². The average Bonchev–Trinajstić information content (AvgIpc) is 3.26. The molecule has 33 heavy (non-hydrogen) atoms. The summed E-state index contributed by atoms with van der Waals surface area (Å²) in [4.78, 5) is 26.5. The number of morpholine rings is 1. The molecule has 2 amide bonds. The van der Waals surface area contributed by atoms with E-state index in [1.165, 1.54) is 16.4 Å². The minimum atomic E-state index is -3.67. The number of rotatable bonds is 7. The number of ether oxygens (including phenoxy) is 2. The van der Waals surface area contributed by atoms with Crippen molar-refractivity contribution in [3.63, 3.8) is 0 Å². The fraction of sp³-hybridized carbons (Fsp3) is 0.391. The third-order valence-corrected chi connectivity index (χ3v) is 7.49. The van der Waals surface area contributed by atoms with E-state index in [-0.39, 0.29) is 10.8 Å². The molecule has 4 rings (SSSR count). The van der Waals surface area contributed by atoms with E-state index >= 15 is 0 Å². The molecule has 0 spiro atoms. The minimum absolute atomic E-state index is 0.0739. The highest BCUT2D eigenvalue weighted by Crippen LogP contribution is 2.26. The van der Waals surface area contributed by atoms with E-state index in [4.69, 9.17) is 9.47 Å². The van der Waals surface area contributed by atoms with Crippen molar-refractivity contribution in [1.29, 1.82) is 0 Å². The topological polar surface area (TPSA) is 105 Å². The van der Waals surface area contributed by atoms with Gasteiger partial charge in [0.05, 0.1) is 18.1 Å². The molecule has 2 aliphatic heterocycles. The molecule has 0 radical (unpaired) electrons. The van der Waals surface area contributed by atoms with Crippen LogP contribution in [0.5, 0.6) is 5.75 Å². The van der Waals surface area contributed by atoms with E-state index in [0.29, 0.717) is 50.7 Å². The van der Waals surface area contributed by atoms with E-state index in [9.17, 15) is 18.0 Å². The van der Waals surface area contributed by atoms with Crippen molar-refractivity contribution in [1.82, 2.24) is 4.31 Å². The first-order valence-corrected chi connectivity index (χ1v) is 12.3. The van der Waals surface area contributed by atoms with Crippen LogP contribution < -0.4 is 15.0 Å². The average molecular weight is 474 g/mol. The number of hydrogen-bond donors (Lipinski definition) is 1. The quantitative estimate of drug-likeness (QED) is 0.661. The summed E-state index contributed by atoms with van der Waals surface area (Å²) in [5.74, 6) is 0.127. The molecule has 2 heterocycles. The van der Waals surface area contributed by atoms with Crippen LogP contribution in [0.2, 0.25) is 0 Å². The highest BCUT2D eigenvalue weighted by molar-refractivity contribution is 7.89. The van der Waals surface area contributed by atoms with Gasteiger partial charge in [-0.25, -0.2) is 8.42 Å². The van der Waals surface area contributed by atoms with Crippen molar-refractivity contribution in [2.24, 2.45) is 0 Å². The summed E-state index contributed by atoms with van der Waals surface area (Å²) < 4.78 is 38.1. The summed E-state index contributed by atoms with van der Waals surface area (Å²) in [5, 5.41) is 2.72. The smallest absolute Gasteiger partial charge is 0.265 e. The van der Waals surface area contributed by atoms with Gasteiger partial charge in [-0.15, -0.1) is 0 Å². The van der Waals surface area contributed by atoms with Gasteiger partial charge in [-0.1, -0.05) is 12.1 Å². The summed E-state index contributed by atoms with van der Waals surface area (Å²) in [6, 6.07) is 13.2. The Labute approximate surface area is 193 Å². The summed E-state index contributed by atoms with van der Waals surface area (Å²) in [6.07, 6.45) is 0.516. The Morgan fingerprint density at radius 1 is 1.09 bits per heavy atom. The lowest BCUT2D eigenvalue weighted by molar-refractivity contribution is -0.122. The molecular formula is C23H27N3O6S. The second-order valence-corrected chi connectivity index (χ2v) is 9.88. The molecular weight excluding hydrogens is 446 g/mol. The first-order valence-electron chi connectivity index (χ1n) is 10.9. The molecule has 0 aromatic heterocycles. The maximum absolute atomic E-state index is 12.9. The van der Waals surface area contributed by atoms with Crippen LogP contribution in [-0.2, 0) is 24.3 Å². The van der Waals surface area contributed by atoms with E-state index in [0.717, 1.165) is 12.1 Å². The number of hydrogen-bond acceptors (Lipinski definition) is 6. The molecule has 0 aliphatic carbocycles. The largest absolute Gasteiger partial charge is 0.481 e. The van der Waals surface area contributed by atoms with Crippen molar-refractivity contribution in [3.8, 4) is 5.75 Å². The molecule has 2 aromatic rings. The normalized spacial score (nSPS) is 18.2. The molecule has 10 heteroatoms. The molecule has 0 unspecified atom stereocenters. The van der Waals surface area contributed by atoms with Gasteiger partial charge in [0.15, 0.2) is 6.10 Å². The van der Waals surface area contributed by atoms with Crippen LogP contribution >= 0.6 is 0 Å². The summed E-state index contributed by atoms with van der Waals surface area (Å²) in [5.41, 5.74) is 1.10. The Balaban J connectivity index is 1.41. The van der Waals surface area contributed by atoms with E-state index in [2.05, 4.69) is 5.32 Å². The van der Waals surface area contributed by atoms with Gasteiger partial charge in [0.2, 0.25) is 15.9 Å². The monoisotopic (exact) mass is 473 g/mol. The third kappa shape index (κ3) is 5.35. The number of carbonyl (C=O) groups excluding carboxylic acids is 2. The van der Waals surface area contributed by atoms with Gasteiger partial charge in [-0.3, -0.25) is 9.59 Å². The standard InChI is InChI=1S/C23H27N3O6S/c1-17(32-20-7-3-6-19(16-20)26-10-4-9-22(26)27)23(28)24-18-5-2-8-21(15-18)33(29,30)25-11-13-31-14-12-25/h2-3,5-8,15-17H,4,9-14H2,1H3,(H,24,28)/t17-/m0/s1. The van der Waals surface area contributed by atoms with Gasteiger partial charge >= 0.3 is 0 Å². The molecule has 1 N–H and O–H groups in total. The molecule has 176 valence electrons. The molecule has 0 bridgehead atoms. The molecule has 1 atom stereocenters. The molecule has 2 saturated heterocycles. The maximum atomic E-state index is 12.9. The lowest BCUT2D eigenvalue weighted by Gasteiger charge is -2.26. The Hall–Kier alpha value is -2.95. The van der Waals surface area contributed by atoms with Gasteiger partial charge < -0.3 is 19.7 Å². The van der Waals surface area contributed by atoms with E-state index in [1.54, 1.807) is 42.2 Å². The highest BCUT2D eigenvalue weighted by atomic mass is 32.2. The van der Waals surface area contributed by atoms with Crippen LogP contribution in [0.4, 0.5) is 11.4 Å². The van der Waals surface area contributed by atoms with Crippen LogP contribution in [0.3, 0.4) is 0 Å². The van der Waals surface area contributed by atoms with Crippen LogP contribution in [0, 0.1) is 0 Å². The van der Waals surface area contributed by atoms with Crippen LogP contribution in [-0.4, -0.2) is 63.5 Å². The fourth-order valence-corrected chi connectivity index (χ4v) is 5.27. The predicted octanol–water partition coefficient (Wildman–Crippen LogP) is 2.24. The van der Waals surface area contributed by atoms with Crippen molar-refractivity contribution < 1.29 is 27.5 Å². The van der Waals surface area contributed by atoms with Crippen LogP contribution in [0.1, 0.15) is 19.8 Å². The number of benzene rings is 2. The van der Waals surface area contributed by atoms with Gasteiger partial charge in [-0.2, -0.15) is 4.31 Å². The molecule has 0 saturated carbocycles. The van der Waals surface area contributed by atoms with Crippen molar-refractivity contribution in [3.05, 3.63) is 48.5 Å². The molecule has 9 nitrogen and oxygen atoms in total.